The molecule has 5 rings (SSSR count). The van der Waals surface area contributed by atoms with Crippen molar-refractivity contribution < 1.29 is 0 Å². The first-order valence-corrected chi connectivity index (χ1v) is 8.75. The third kappa shape index (κ3) is 2.40. The average molecular weight is 325 g/mol. The lowest BCUT2D eigenvalue weighted by atomic mass is 10.1. The number of benzene rings is 3. The van der Waals surface area contributed by atoms with Gasteiger partial charge >= 0.3 is 0 Å². The fraction of sp³-hybridized carbons (Fsp3) is 0.136. The van der Waals surface area contributed by atoms with Gasteiger partial charge in [0.2, 0.25) is 0 Å². The third-order valence-corrected chi connectivity index (χ3v) is 4.97. The van der Waals surface area contributed by atoms with Crippen LogP contribution in [0.15, 0.2) is 83.9 Å². The van der Waals surface area contributed by atoms with Crippen LogP contribution in [0.3, 0.4) is 0 Å². The van der Waals surface area contributed by atoms with E-state index in [2.05, 4.69) is 88.9 Å². The van der Waals surface area contributed by atoms with Gasteiger partial charge in [0, 0.05) is 12.1 Å². The smallest absolute Gasteiger partial charge is 0.155 e. The van der Waals surface area contributed by atoms with Crippen LogP contribution >= 0.6 is 0 Å². The second-order valence-electron chi connectivity index (χ2n) is 6.49. The topological polar surface area (TPSA) is 18.8 Å². The summed E-state index contributed by atoms with van der Waals surface area (Å²) in [6, 6.07) is 27.6. The van der Waals surface area contributed by atoms with E-state index in [0.29, 0.717) is 0 Å². The Morgan fingerprint density at radius 3 is 2.28 bits per heavy atom. The van der Waals surface area contributed by atoms with Crippen molar-refractivity contribution in [3.05, 3.63) is 95.6 Å². The summed E-state index contributed by atoms with van der Waals surface area (Å²) in [5, 5.41) is 4.72. The predicted molar refractivity (Wildman–Crippen MR) is 102 cm³/mol. The highest BCUT2D eigenvalue weighted by Gasteiger charge is 2.30. The Kier molecular flexibility index (Phi) is 3.30. The summed E-state index contributed by atoms with van der Waals surface area (Å²) in [7, 11) is 0. The number of anilines is 1. The Morgan fingerprint density at radius 1 is 0.680 bits per heavy atom. The van der Waals surface area contributed by atoms with E-state index in [9.17, 15) is 0 Å². The maximum absolute atomic E-state index is 5.02. The monoisotopic (exact) mass is 325 g/mol. The molecule has 2 aliphatic rings. The summed E-state index contributed by atoms with van der Waals surface area (Å²) in [4.78, 5) is 5.02. The van der Waals surface area contributed by atoms with Crippen LogP contribution in [0.4, 0.5) is 11.4 Å². The number of hydrogen-bond donors (Lipinski definition) is 0. The summed E-state index contributed by atoms with van der Waals surface area (Å²) < 4.78 is 0. The number of aliphatic imine (C=N–C) groups is 1. The highest BCUT2D eigenvalue weighted by molar-refractivity contribution is 6.02. The molecule has 0 aromatic heterocycles. The molecule has 3 nitrogen and oxygen atoms in total. The van der Waals surface area contributed by atoms with Crippen molar-refractivity contribution in [1.82, 2.24) is 5.01 Å². The summed E-state index contributed by atoms with van der Waals surface area (Å²) in [6.07, 6.45) is 1.08. The minimum Gasteiger partial charge on any atom is -0.283 e. The van der Waals surface area contributed by atoms with E-state index >= 15 is 0 Å². The second kappa shape index (κ2) is 5.78. The molecular weight excluding hydrogens is 306 g/mol. The first-order valence-electron chi connectivity index (χ1n) is 8.75. The number of rotatable bonds is 2. The van der Waals surface area contributed by atoms with Crippen molar-refractivity contribution in [2.75, 3.05) is 11.6 Å². The Hall–Kier alpha value is -3.07. The van der Waals surface area contributed by atoms with E-state index < -0.39 is 0 Å². The van der Waals surface area contributed by atoms with Crippen molar-refractivity contribution in [3.8, 4) is 0 Å². The zero-order chi connectivity index (χ0) is 16.6. The van der Waals surface area contributed by atoms with Gasteiger partial charge < -0.3 is 0 Å². The van der Waals surface area contributed by atoms with E-state index in [1.165, 1.54) is 16.8 Å². The van der Waals surface area contributed by atoms with Gasteiger partial charge in [0.1, 0.15) is 0 Å². The van der Waals surface area contributed by atoms with Crippen molar-refractivity contribution in [2.24, 2.45) is 4.99 Å². The maximum atomic E-state index is 5.02. The van der Waals surface area contributed by atoms with Gasteiger partial charge in [-0.2, -0.15) is 0 Å². The second-order valence-corrected chi connectivity index (χ2v) is 6.49. The normalized spacial score (nSPS) is 15.6. The largest absolute Gasteiger partial charge is 0.283 e. The Morgan fingerprint density at radius 2 is 1.40 bits per heavy atom. The molecular formula is C22H19N3. The van der Waals surface area contributed by atoms with Crippen LogP contribution in [-0.2, 0) is 13.0 Å². The van der Waals surface area contributed by atoms with E-state index in [-0.39, 0.29) is 0 Å². The van der Waals surface area contributed by atoms with Gasteiger partial charge in [0.05, 0.1) is 17.9 Å². The van der Waals surface area contributed by atoms with Gasteiger partial charge in [0.15, 0.2) is 5.84 Å². The highest BCUT2D eigenvalue weighted by atomic mass is 15.6. The molecule has 0 radical (unpaired) electrons. The molecule has 0 N–H and O–H groups in total. The van der Waals surface area contributed by atoms with Crippen LogP contribution in [0.2, 0.25) is 0 Å². The summed E-state index contributed by atoms with van der Waals surface area (Å²) >= 11 is 0. The lowest BCUT2D eigenvalue weighted by molar-refractivity contribution is 0.382. The number of fused-ring (bicyclic) bond motifs is 2. The third-order valence-electron chi connectivity index (χ3n) is 4.97. The first-order chi connectivity index (χ1) is 12.4. The van der Waals surface area contributed by atoms with Gasteiger partial charge in [-0.25, -0.2) is 4.99 Å². The lowest BCUT2D eigenvalue weighted by Gasteiger charge is -2.39. The van der Waals surface area contributed by atoms with Gasteiger partial charge in [-0.1, -0.05) is 66.7 Å². The number of para-hydroxylation sites is 2. The molecule has 0 bridgehead atoms. The van der Waals surface area contributed by atoms with Crippen molar-refractivity contribution in [1.29, 1.82) is 0 Å². The molecule has 3 aromatic carbocycles. The molecule has 3 heteroatoms. The van der Waals surface area contributed by atoms with Crippen molar-refractivity contribution in [2.45, 2.75) is 13.0 Å². The molecule has 0 amide bonds. The van der Waals surface area contributed by atoms with E-state index in [1.54, 1.807) is 0 Å². The highest BCUT2D eigenvalue weighted by Crippen LogP contribution is 2.34. The molecule has 25 heavy (non-hydrogen) atoms. The van der Waals surface area contributed by atoms with Gasteiger partial charge in [-0.05, 0) is 29.7 Å². The molecule has 0 atom stereocenters. The van der Waals surface area contributed by atoms with Crippen LogP contribution in [0.25, 0.3) is 0 Å². The molecule has 3 aromatic rings. The Balaban J connectivity index is 1.63. The van der Waals surface area contributed by atoms with Gasteiger partial charge in [0.25, 0.3) is 0 Å². The number of amidine groups is 1. The average Bonchev–Trinajstić information content (AvgIpc) is 3.12. The lowest BCUT2D eigenvalue weighted by Crippen LogP contribution is -2.47. The molecule has 122 valence electrons. The maximum Gasteiger partial charge on any atom is 0.155 e. The van der Waals surface area contributed by atoms with Crippen molar-refractivity contribution in [3.63, 3.8) is 0 Å². The van der Waals surface area contributed by atoms with Crippen LogP contribution < -0.4 is 5.01 Å². The number of nitrogens with zero attached hydrogens (tertiary/aromatic N) is 3. The molecule has 0 unspecified atom stereocenters. The molecule has 0 spiro atoms. The molecule has 2 heterocycles. The molecule has 2 aliphatic heterocycles. The molecule has 0 saturated carbocycles. The fourth-order valence-corrected chi connectivity index (χ4v) is 3.73. The van der Waals surface area contributed by atoms with E-state index in [1.807, 2.05) is 0 Å². The fourth-order valence-electron chi connectivity index (χ4n) is 3.73. The summed E-state index contributed by atoms with van der Waals surface area (Å²) in [6.45, 7) is 1.84. The summed E-state index contributed by atoms with van der Waals surface area (Å²) in [5.41, 5.74) is 6.21. The van der Waals surface area contributed by atoms with E-state index in [0.717, 1.165) is 36.6 Å². The van der Waals surface area contributed by atoms with Crippen LogP contribution in [0.5, 0.6) is 0 Å². The predicted octanol–water partition coefficient (Wildman–Crippen LogP) is 4.56. The van der Waals surface area contributed by atoms with Crippen molar-refractivity contribution >= 4 is 17.2 Å². The number of hydrazine groups is 1. The quantitative estimate of drug-likeness (QED) is 0.688. The minimum absolute atomic E-state index is 0.845. The molecule has 0 aliphatic carbocycles. The Labute approximate surface area is 147 Å². The van der Waals surface area contributed by atoms with Crippen LogP contribution in [-0.4, -0.2) is 17.4 Å². The number of hydrogen-bond acceptors (Lipinski definition) is 3. The minimum atomic E-state index is 0.845. The molecule has 0 saturated heterocycles. The standard InChI is InChI=1S/C22H19N3/c1-2-9-18(10-3-1)22-23-20-12-6-4-11-19(20)16-25(22)24-15-14-17-8-5-7-13-21(17)24/h1-13H,14-16H2. The van der Waals surface area contributed by atoms with Gasteiger partial charge in [-0.15, -0.1) is 0 Å². The zero-order valence-corrected chi connectivity index (χ0v) is 14.0. The SMILES string of the molecule is c1ccc(C2=Nc3ccccc3CN2N2CCc3ccccc32)cc1. The Bertz CT molecular complexity index is 946. The van der Waals surface area contributed by atoms with E-state index in [4.69, 9.17) is 4.99 Å². The zero-order valence-electron chi connectivity index (χ0n) is 14.0. The summed E-state index contributed by atoms with van der Waals surface area (Å²) in [5.74, 6) is 1.02. The van der Waals surface area contributed by atoms with Gasteiger partial charge in [-0.3, -0.25) is 10.0 Å². The first kappa shape index (κ1) is 14.3. The molecule has 0 fully saturated rings. The van der Waals surface area contributed by atoms with Crippen LogP contribution in [0, 0.1) is 0 Å². The van der Waals surface area contributed by atoms with Crippen LogP contribution in [0.1, 0.15) is 16.7 Å².